The lowest BCUT2D eigenvalue weighted by atomic mass is 10.0. The van der Waals surface area contributed by atoms with Crippen molar-refractivity contribution in [3.63, 3.8) is 0 Å². The van der Waals surface area contributed by atoms with Crippen molar-refractivity contribution in [2.45, 2.75) is 46.1 Å². The lowest BCUT2D eigenvalue weighted by molar-refractivity contribution is -0.149. The molecule has 0 radical (unpaired) electrons. The molecule has 0 bridgehead atoms. The monoisotopic (exact) mass is 300 g/mol. The van der Waals surface area contributed by atoms with Crippen molar-refractivity contribution in [2.24, 2.45) is 5.92 Å². The average molecular weight is 300 g/mol. The average Bonchev–Trinajstić information content (AvgIpc) is 3.00. The predicted molar refractivity (Wildman–Crippen MR) is 83.7 cm³/mol. The number of aryl methyl sites for hydroxylation is 2. The third kappa shape index (κ3) is 2.91. The summed E-state index contributed by atoms with van der Waals surface area (Å²) in [6, 6.07) is 5.25. The Morgan fingerprint density at radius 3 is 2.59 bits per heavy atom. The predicted octanol–water partition coefficient (Wildman–Crippen LogP) is 3.64. The molecule has 1 aromatic carbocycles. The van der Waals surface area contributed by atoms with E-state index in [1.54, 1.807) is 0 Å². The topological polar surface area (TPSA) is 56.5 Å². The van der Waals surface area contributed by atoms with Crippen molar-refractivity contribution in [3.8, 4) is 0 Å². The van der Waals surface area contributed by atoms with Gasteiger partial charge in [-0.2, -0.15) is 0 Å². The molecule has 4 nitrogen and oxygen atoms in total. The van der Waals surface area contributed by atoms with Crippen LogP contribution in [0.25, 0.3) is 11.0 Å². The molecule has 1 aromatic heterocycles. The van der Waals surface area contributed by atoms with Crippen molar-refractivity contribution >= 4 is 16.9 Å². The van der Waals surface area contributed by atoms with E-state index in [0.29, 0.717) is 11.1 Å². The van der Waals surface area contributed by atoms with Gasteiger partial charge >= 0.3 is 11.6 Å². The van der Waals surface area contributed by atoms with E-state index in [-0.39, 0.29) is 18.5 Å². The number of carbonyl (C=O) groups excluding carboxylic acids is 1. The van der Waals surface area contributed by atoms with Crippen LogP contribution in [0, 0.1) is 19.8 Å². The molecule has 0 atom stereocenters. The Morgan fingerprint density at radius 2 is 1.86 bits per heavy atom. The van der Waals surface area contributed by atoms with Gasteiger partial charge in [0.15, 0.2) is 0 Å². The summed E-state index contributed by atoms with van der Waals surface area (Å²) in [5.74, 6) is -0.127. The van der Waals surface area contributed by atoms with Crippen LogP contribution in [-0.2, 0) is 16.1 Å². The van der Waals surface area contributed by atoms with Gasteiger partial charge < -0.3 is 9.15 Å². The maximum absolute atomic E-state index is 12.0. The minimum atomic E-state index is -0.414. The minimum absolute atomic E-state index is 0.0235. The van der Waals surface area contributed by atoms with E-state index < -0.39 is 5.63 Å². The van der Waals surface area contributed by atoms with Gasteiger partial charge in [-0.05, 0) is 49.9 Å². The number of esters is 1. The normalized spacial score (nSPS) is 15.4. The van der Waals surface area contributed by atoms with Crippen molar-refractivity contribution in [1.82, 2.24) is 0 Å². The summed E-state index contributed by atoms with van der Waals surface area (Å²) in [6.45, 7) is 4.11. The highest BCUT2D eigenvalue weighted by atomic mass is 16.5. The standard InChI is InChI=1S/C18H20O4/c1-11-7-15-14(9-17(19)22-16(15)8-12(11)2)10-21-18(20)13-5-3-4-6-13/h7-9,13H,3-6,10H2,1-2H3. The Labute approximate surface area is 129 Å². The molecule has 22 heavy (non-hydrogen) atoms. The molecule has 1 aliphatic carbocycles. The van der Waals surface area contributed by atoms with E-state index >= 15 is 0 Å². The van der Waals surface area contributed by atoms with Gasteiger partial charge in [-0.25, -0.2) is 4.79 Å². The third-order valence-electron chi connectivity index (χ3n) is 4.50. The van der Waals surface area contributed by atoms with Crippen LogP contribution in [0.4, 0.5) is 0 Å². The molecule has 0 spiro atoms. The maximum Gasteiger partial charge on any atom is 0.336 e. The maximum atomic E-state index is 12.0. The van der Waals surface area contributed by atoms with Crippen molar-refractivity contribution in [1.29, 1.82) is 0 Å². The molecule has 116 valence electrons. The number of ether oxygens (including phenoxy) is 1. The fourth-order valence-corrected chi connectivity index (χ4v) is 3.03. The number of hydrogen-bond acceptors (Lipinski definition) is 4. The minimum Gasteiger partial charge on any atom is -0.461 e. The van der Waals surface area contributed by atoms with E-state index in [1.165, 1.54) is 6.07 Å². The third-order valence-corrected chi connectivity index (χ3v) is 4.50. The van der Waals surface area contributed by atoms with Crippen LogP contribution >= 0.6 is 0 Å². The Bertz CT molecular complexity index is 766. The van der Waals surface area contributed by atoms with Crippen molar-refractivity contribution in [2.75, 3.05) is 0 Å². The molecular formula is C18H20O4. The van der Waals surface area contributed by atoms with Gasteiger partial charge in [0, 0.05) is 17.0 Å². The molecule has 1 fully saturated rings. The molecule has 0 N–H and O–H groups in total. The number of fused-ring (bicyclic) bond motifs is 1. The zero-order valence-corrected chi connectivity index (χ0v) is 13.0. The van der Waals surface area contributed by atoms with Crippen LogP contribution in [0.15, 0.2) is 27.4 Å². The molecule has 4 heteroatoms. The zero-order valence-electron chi connectivity index (χ0n) is 13.0. The van der Waals surface area contributed by atoms with E-state index in [1.807, 2.05) is 26.0 Å². The smallest absolute Gasteiger partial charge is 0.336 e. The summed E-state index contributed by atoms with van der Waals surface area (Å²) in [5.41, 5.74) is 3.02. The Morgan fingerprint density at radius 1 is 1.18 bits per heavy atom. The zero-order chi connectivity index (χ0) is 15.7. The molecule has 0 amide bonds. The number of carbonyl (C=O) groups is 1. The SMILES string of the molecule is Cc1cc2oc(=O)cc(COC(=O)C3CCCC3)c2cc1C. The molecular weight excluding hydrogens is 280 g/mol. The summed E-state index contributed by atoms with van der Waals surface area (Å²) in [7, 11) is 0. The van der Waals surface area contributed by atoms with Gasteiger partial charge in [-0.3, -0.25) is 4.79 Å². The van der Waals surface area contributed by atoms with Gasteiger partial charge in [0.2, 0.25) is 0 Å². The molecule has 3 rings (SSSR count). The Kier molecular flexibility index (Phi) is 4.01. The molecule has 0 aliphatic heterocycles. The van der Waals surface area contributed by atoms with Crippen LogP contribution < -0.4 is 5.63 Å². The molecule has 1 saturated carbocycles. The van der Waals surface area contributed by atoms with Gasteiger partial charge in [0.1, 0.15) is 12.2 Å². The van der Waals surface area contributed by atoms with Crippen molar-refractivity contribution < 1.29 is 13.9 Å². The fourth-order valence-electron chi connectivity index (χ4n) is 3.03. The highest BCUT2D eigenvalue weighted by Gasteiger charge is 2.24. The molecule has 0 unspecified atom stereocenters. The molecule has 1 heterocycles. The first kappa shape index (κ1) is 14.8. The van der Waals surface area contributed by atoms with Crippen LogP contribution in [0.2, 0.25) is 0 Å². The lowest BCUT2D eigenvalue weighted by Gasteiger charge is -2.11. The number of hydrogen-bond donors (Lipinski definition) is 0. The first-order valence-electron chi connectivity index (χ1n) is 7.75. The summed E-state index contributed by atoms with van der Waals surface area (Å²) >= 11 is 0. The van der Waals surface area contributed by atoms with Crippen LogP contribution in [-0.4, -0.2) is 5.97 Å². The molecule has 0 saturated heterocycles. The molecule has 2 aromatic rings. The largest absolute Gasteiger partial charge is 0.461 e. The van der Waals surface area contributed by atoms with Crippen LogP contribution in [0.3, 0.4) is 0 Å². The first-order valence-corrected chi connectivity index (χ1v) is 7.75. The Hall–Kier alpha value is -2.10. The van der Waals surface area contributed by atoms with Gasteiger partial charge in [0.25, 0.3) is 0 Å². The summed E-state index contributed by atoms with van der Waals surface area (Å²) in [5, 5.41) is 0.835. The second-order valence-electron chi connectivity index (χ2n) is 6.11. The van der Waals surface area contributed by atoms with Crippen LogP contribution in [0.5, 0.6) is 0 Å². The van der Waals surface area contributed by atoms with E-state index in [2.05, 4.69) is 0 Å². The van der Waals surface area contributed by atoms with Gasteiger partial charge in [-0.15, -0.1) is 0 Å². The van der Waals surface area contributed by atoms with Gasteiger partial charge in [-0.1, -0.05) is 12.8 Å². The Balaban J connectivity index is 1.87. The summed E-state index contributed by atoms with van der Waals surface area (Å²) < 4.78 is 10.7. The fraction of sp³-hybridized carbons (Fsp3) is 0.444. The van der Waals surface area contributed by atoms with E-state index in [0.717, 1.165) is 42.2 Å². The van der Waals surface area contributed by atoms with E-state index in [4.69, 9.17) is 9.15 Å². The first-order chi connectivity index (χ1) is 10.5. The highest BCUT2D eigenvalue weighted by Crippen LogP contribution is 2.27. The second kappa shape index (κ2) is 5.95. The summed E-state index contributed by atoms with van der Waals surface area (Å²) in [4.78, 5) is 23.7. The highest BCUT2D eigenvalue weighted by molar-refractivity contribution is 5.82. The van der Waals surface area contributed by atoms with Crippen LogP contribution in [0.1, 0.15) is 42.4 Å². The van der Waals surface area contributed by atoms with E-state index in [9.17, 15) is 9.59 Å². The summed E-state index contributed by atoms with van der Waals surface area (Å²) in [6.07, 6.45) is 4.01. The lowest BCUT2D eigenvalue weighted by Crippen LogP contribution is -2.15. The quantitative estimate of drug-likeness (QED) is 0.641. The van der Waals surface area contributed by atoms with Crippen molar-refractivity contribution in [3.05, 3.63) is 45.3 Å². The van der Waals surface area contributed by atoms with Gasteiger partial charge in [0.05, 0.1) is 5.92 Å². The number of rotatable bonds is 3. The number of benzene rings is 1. The molecule has 1 aliphatic rings. The second-order valence-corrected chi connectivity index (χ2v) is 6.11.